The van der Waals surface area contributed by atoms with Crippen LogP contribution in [0.2, 0.25) is 0 Å². The number of ketones is 1. The number of nitrogens with one attached hydrogen (secondary N) is 1. The van der Waals surface area contributed by atoms with Crippen LogP contribution in [0.1, 0.15) is 15.9 Å². The molecule has 0 aliphatic carbocycles. The van der Waals surface area contributed by atoms with Crippen LogP contribution in [0.4, 0.5) is 31.2 Å². The van der Waals surface area contributed by atoms with Crippen molar-refractivity contribution in [2.75, 3.05) is 37.2 Å². The van der Waals surface area contributed by atoms with E-state index in [2.05, 4.69) is 15.3 Å². The van der Waals surface area contributed by atoms with Gasteiger partial charge in [0.25, 0.3) is 0 Å². The Kier molecular flexibility index (Phi) is 7.88. The highest BCUT2D eigenvalue weighted by Crippen LogP contribution is 2.38. The largest absolute Gasteiger partial charge is 0.495 e. The summed E-state index contributed by atoms with van der Waals surface area (Å²) < 4.78 is 33.7. The number of rotatable bonds is 9. The molecule has 0 aliphatic heterocycles. The number of ether oxygens (including phenoxy) is 1. The zero-order chi connectivity index (χ0) is 29.1. The maximum Gasteiger partial charge on any atom is 0.227 e. The van der Waals surface area contributed by atoms with E-state index in [4.69, 9.17) is 15.5 Å². The van der Waals surface area contributed by atoms with E-state index in [0.717, 1.165) is 29.3 Å². The second-order valence-electron chi connectivity index (χ2n) is 9.30. The Bertz CT molecular complexity index is 1720. The molecule has 0 atom stereocenters. The Balaban J connectivity index is 1.43. The molecule has 2 aromatic heterocycles. The van der Waals surface area contributed by atoms with Crippen molar-refractivity contribution in [1.82, 2.24) is 15.0 Å². The number of nitrogen functional groups attached to an aromatic ring is 1. The molecular formula is C30H26F2N6O2S. The number of Topliss-reactive ketones (excluding diaryl/α,β-unsaturated/α-hetero) is 1. The molecule has 0 saturated heterocycles. The molecule has 0 spiro atoms. The first-order valence-electron chi connectivity index (χ1n) is 12.5. The van der Waals surface area contributed by atoms with E-state index in [0.29, 0.717) is 38.5 Å². The Labute approximate surface area is 239 Å². The number of halogens is 2. The van der Waals surface area contributed by atoms with Crippen LogP contribution in [0.3, 0.4) is 0 Å². The Hall–Kier alpha value is -4.90. The quantitative estimate of drug-likeness (QED) is 0.196. The average molecular weight is 573 g/mol. The normalized spacial score (nSPS) is 10.9. The third-order valence-corrected chi connectivity index (χ3v) is 7.16. The molecule has 208 valence electrons. The average Bonchev–Trinajstić information content (AvgIpc) is 3.35. The van der Waals surface area contributed by atoms with E-state index in [1.54, 1.807) is 37.6 Å². The molecule has 0 saturated carbocycles. The predicted molar refractivity (Wildman–Crippen MR) is 158 cm³/mol. The Morgan fingerprint density at radius 3 is 2.51 bits per heavy atom. The van der Waals surface area contributed by atoms with Gasteiger partial charge in [0, 0.05) is 38.0 Å². The van der Waals surface area contributed by atoms with E-state index in [1.807, 2.05) is 43.3 Å². The highest BCUT2D eigenvalue weighted by atomic mass is 32.1. The fraction of sp³-hybridized carbons (Fsp3) is 0.133. The van der Waals surface area contributed by atoms with Crippen LogP contribution in [0.25, 0.3) is 21.8 Å². The second-order valence-corrected chi connectivity index (χ2v) is 10.3. The SMILES string of the molecule is COc1ccc(Nc2nccc(-c3sc(N)nc3-c3cccc(CC(=O)c4c(F)cccc4F)c3)n2)cc1N(C)C. The summed E-state index contributed by atoms with van der Waals surface area (Å²) in [4.78, 5) is 29.0. The van der Waals surface area contributed by atoms with E-state index in [1.165, 1.54) is 17.4 Å². The van der Waals surface area contributed by atoms with Crippen LogP contribution in [0.5, 0.6) is 5.75 Å². The predicted octanol–water partition coefficient (Wildman–Crippen LogP) is 6.37. The lowest BCUT2D eigenvalue weighted by Gasteiger charge is -2.18. The molecule has 0 fully saturated rings. The summed E-state index contributed by atoms with van der Waals surface area (Å²) in [6, 6.07) is 17.9. The molecular weight excluding hydrogens is 546 g/mol. The number of aromatic nitrogens is 3. The molecule has 41 heavy (non-hydrogen) atoms. The van der Waals surface area contributed by atoms with Crippen LogP contribution < -0.4 is 20.7 Å². The van der Waals surface area contributed by atoms with Crippen molar-refractivity contribution >= 4 is 39.6 Å². The number of nitrogens with zero attached hydrogens (tertiary/aromatic N) is 4. The first-order chi connectivity index (χ1) is 19.7. The van der Waals surface area contributed by atoms with Crippen molar-refractivity contribution < 1.29 is 18.3 Å². The maximum atomic E-state index is 14.1. The van der Waals surface area contributed by atoms with Crippen LogP contribution >= 0.6 is 11.3 Å². The van der Waals surface area contributed by atoms with Gasteiger partial charge in [0.05, 0.1) is 34.6 Å². The van der Waals surface area contributed by atoms with Gasteiger partial charge in [-0.2, -0.15) is 0 Å². The standard InChI is InChI=1S/C30H26F2N6O2S/c1-38(2)23-16-19(10-11-25(23)40-3)35-30-34-13-12-22(36-30)28-27(37-29(33)41-28)18-7-4-6-17(14-18)15-24(39)26-20(31)8-5-9-21(26)32/h4-14,16H,15H2,1-3H3,(H2,33,37)(H,34,35,36). The van der Waals surface area contributed by atoms with Crippen LogP contribution in [-0.4, -0.2) is 41.9 Å². The number of hydrogen-bond acceptors (Lipinski definition) is 9. The summed E-state index contributed by atoms with van der Waals surface area (Å²) >= 11 is 1.27. The van der Waals surface area contributed by atoms with Crippen molar-refractivity contribution in [3.05, 3.63) is 95.7 Å². The van der Waals surface area contributed by atoms with Gasteiger partial charge in [-0.05, 0) is 48.0 Å². The lowest BCUT2D eigenvalue weighted by atomic mass is 9.99. The van der Waals surface area contributed by atoms with E-state index >= 15 is 0 Å². The van der Waals surface area contributed by atoms with Gasteiger partial charge in [0.2, 0.25) is 5.95 Å². The number of anilines is 4. The van der Waals surface area contributed by atoms with Gasteiger partial charge in [-0.15, -0.1) is 0 Å². The fourth-order valence-corrected chi connectivity index (χ4v) is 5.19. The Morgan fingerprint density at radius 1 is 1.02 bits per heavy atom. The number of thiazole rings is 1. The molecule has 3 aromatic carbocycles. The summed E-state index contributed by atoms with van der Waals surface area (Å²) in [5.41, 5.74) is 9.67. The lowest BCUT2D eigenvalue weighted by molar-refractivity contribution is 0.0985. The molecule has 5 aromatic rings. The van der Waals surface area contributed by atoms with Crippen molar-refractivity contribution in [1.29, 1.82) is 0 Å². The summed E-state index contributed by atoms with van der Waals surface area (Å²) in [6.45, 7) is 0. The van der Waals surface area contributed by atoms with Crippen molar-refractivity contribution in [2.45, 2.75) is 6.42 Å². The molecule has 0 radical (unpaired) electrons. The molecule has 0 amide bonds. The summed E-state index contributed by atoms with van der Waals surface area (Å²) in [7, 11) is 5.48. The first-order valence-corrected chi connectivity index (χ1v) is 13.3. The molecule has 0 aliphatic rings. The smallest absolute Gasteiger partial charge is 0.227 e. The molecule has 5 rings (SSSR count). The topological polar surface area (TPSA) is 106 Å². The van der Waals surface area contributed by atoms with E-state index < -0.39 is 23.0 Å². The summed E-state index contributed by atoms with van der Waals surface area (Å²) in [5, 5.41) is 3.57. The molecule has 2 heterocycles. The minimum absolute atomic E-state index is 0.182. The molecule has 0 bridgehead atoms. The number of benzene rings is 3. The van der Waals surface area contributed by atoms with Crippen molar-refractivity contribution in [3.63, 3.8) is 0 Å². The number of hydrogen-bond donors (Lipinski definition) is 2. The zero-order valence-electron chi connectivity index (χ0n) is 22.5. The fourth-order valence-electron chi connectivity index (χ4n) is 4.36. The molecule has 8 nitrogen and oxygen atoms in total. The monoisotopic (exact) mass is 572 g/mol. The number of methoxy groups -OCH3 is 1. The van der Waals surface area contributed by atoms with E-state index in [-0.39, 0.29) is 6.42 Å². The first kappa shape index (κ1) is 27.7. The highest BCUT2D eigenvalue weighted by molar-refractivity contribution is 7.19. The van der Waals surface area contributed by atoms with Gasteiger partial charge >= 0.3 is 0 Å². The molecule has 11 heteroatoms. The summed E-state index contributed by atoms with van der Waals surface area (Å²) in [6.07, 6.45) is 1.46. The number of nitrogens with two attached hydrogens (primary N) is 1. The van der Waals surface area contributed by atoms with Gasteiger partial charge in [-0.25, -0.2) is 23.7 Å². The van der Waals surface area contributed by atoms with Gasteiger partial charge in [-0.3, -0.25) is 4.79 Å². The van der Waals surface area contributed by atoms with Crippen molar-refractivity contribution in [2.24, 2.45) is 0 Å². The number of carbonyl (C=O) groups is 1. The third kappa shape index (κ3) is 5.99. The minimum atomic E-state index is -0.888. The van der Waals surface area contributed by atoms with Crippen LogP contribution in [0.15, 0.2) is 72.9 Å². The lowest BCUT2D eigenvalue weighted by Crippen LogP contribution is -2.10. The highest BCUT2D eigenvalue weighted by Gasteiger charge is 2.20. The van der Waals surface area contributed by atoms with Gasteiger partial charge < -0.3 is 20.7 Å². The van der Waals surface area contributed by atoms with E-state index in [9.17, 15) is 13.6 Å². The molecule has 0 unspecified atom stereocenters. The van der Waals surface area contributed by atoms with Crippen molar-refractivity contribution in [3.8, 4) is 27.6 Å². The van der Waals surface area contributed by atoms with Crippen LogP contribution in [-0.2, 0) is 6.42 Å². The van der Waals surface area contributed by atoms with Gasteiger partial charge in [0.15, 0.2) is 10.9 Å². The van der Waals surface area contributed by atoms with Gasteiger partial charge in [-0.1, -0.05) is 35.6 Å². The summed E-state index contributed by atoms with van der Waals surface area (Å²) in [5.74, 6) is -1.31. The maximum absolute atomic E-state index is 14.1. The minimum Gasteiger partial charge on any atom is -0.495 e. The number of carbonyl (C=O) groups excluding carboxylic acids is 1. The molecule has 3 N–H and O–H groups in total. The Morgan fingerprint density at radius 2 is 1.78 bits per heavy atom. The second kappa shape index (κ2) is 11.7. The zero-order valence-corrected chi connectivity index (χ0v) is 23.3. The van der Waals surface area contributed by atoms with Crippen LogP contribution in [0, 0.1) is 11.6 Å². The van der Waals surface area contributed by atoms with Gasteiger partial charge in [0.1, 0.15) is 17.4 Å². The third-order valence-electron chi connectivity index (χ3n) is 6.26.